The lowest BCUT2D eigenvalue weighted by atomic mass is 9.83. The van der Waals surface area contributed by atoms with E-state index < -0.39 is 0 Å². The van der Waals surface area contributed by atoms with Gasteiger partial charge in [0.2, 0.25) is 0 Å². The Labute approximate surface area is 72.7 Å². The van der Waals surface area contributed by atoms with Crippen LogP contribution in [-0.2, 0) is 0 Å². The molecule has 0 amide bonds. The standard InChI is InChI=1S/C8H15ClN2/c9-8(6-10)5-7-1-3-11(8)4-2-7/h7H,1-6,10H2. The van der Waals surface area contributed by atoms with E-state index in [0.29, 0.717) is 6.54 Å². The van der Waals surface area contributed by atoms with Gasteiger partial charge in [0.25, 0.3) is 0 Å². The Morgan fingerprint density at radius 1 is 1.45 bits per heavy atom. The molecular formula is C8H15ClN2. The number of hydrogen-bond donors (Lipinski definition) is 1. The zero-order chi connectivity index (χ0) is 7.90. The van der Waals surface area contributed by atoms with Crippen LogP contribution in [0.4, 0.5) is 0 Å². The molecular weight excluding hydrogens is 160 g/mol. The number of hydrogen-bond acceptors (Lipinski definition) is 2. The Bertz CT molecular complexity index is 154. The number of nitrogens with zero attached hydrogens (tertiary/aromatic N) is 1. The maximum atomic E-state index is 6.36. The van der Waals surface area contributed by atoms with E-state index in [9.17, 15) is 0 Å². The fourth-order valence-electron chi connectivity index (χ4n) is 2.32. The molecule has 0 aromatic rings. The molecule has 2 bridgehead atoms. The summed E-state index contributed by atoms with van der Waals surface area (Å²) < 4.78 is 0. The van der Waals surface area contributed by atoms with Crippen LogP contribution in [-0.4, -0.2) is 29.5 Å². The van der Waals surface area contributed by atoms with Crippen molar-refractivity contribution in [3.8, 4) is 0 Å². The van der Waals surface area contributed by atoms with E-state index in [1.54, 1.807) is 0 Å². The molecule has 3 saturated heterocycles. The minimum Gasteiger partial charge on any atom is -0.328 e. The lowest BCUT2D eigenvalue weighted by Crippen LogP contribution is -2.58. The summed E-state index contributed by atoms with van der Waals surface area (Å²) >= 11 is 6.36. The summed E-state index contributed by atoms with van der Waals surface area (Å²) in [6, 6.07) is 0. The third-order valence-electron chi connectivity index (χ3n) is 3.10. The Morgan fingerprint density at radius 3 is 2.36 bits per heavy atom. The summed E-state index contributed by atoms with van der Waals surface area (Å²) in [5.41, 5.74) is 5.65. The van der Waals surface area contributed by atoms with Crippen molar-refractivity contribution in [2.24, 2.45) is 11.7 Å². The smallest absolute Gasteiger partial charge is 0.109 e. The molecule has 1 atom stereocenters. The molecule has 3 aliphatic heterocycles. The van der Waals surface area contributed by atoms with Crippen LogP contribution in [0.15, 0.2) is 0 Å². The Hall–Kier alpha value is 0.210. The van der Waals surface area contributed by atoms with Crippen LogP contribution in [0.2, 0.25) is 0 Å². The van der Waals surface area contributed by atoms with Gasteiger partial charge in [-0.25, -0.2) is 0 Å². The largest absolute Gasteiger partial charge is 0.328 e. The Kier molecular flexibility index (Phi) is 1.86. The van der Waals surface area contributed by atoms with Gasteiger partial charge >= 0.3 is 0 Å². The number of halogens is 1. The van der Waals surface area contributed by atoms with Crippen LogP contribution in [0.1, 0.15) is 19.3 Å². The molecule has 0 aromatic heterocycles. The van der Waals surface area contributed by atoms with Crippen LogP contribution in [0.3, 0.4) is 0 Å². The second kappa shape index (κ2) is 2.61. The van der Waals surface area contributed by atoms with E-state index >= 15 is 0 Å². The molecule has 3 heterocycles. The van der Waals surface area contributed by atoms with E-state index in [1.807, 2.05) is 0 Å². The molecule has 3 aliphatic rings. The summed E-state index contributed by atoms with van der Waals surface area (Å²) in [5.74, 6) is 0.848. The SMILES string of the molecule is NCC1(Cl)CC2CCN1CC2. The maximum Gasteiger partial charge on any atom is 0.109 e. The first-order chi connectivity index (χ1) is 5.24. The van der Waals surface area contributed by atoms with Gasteiger partial charge in [-0.2, -0.15) is 0 Å². The summed E-state index contributed by atoms with van der Waals surface area (Å²) in [6.07, 6.45) is 3.76. The molecule has 0 spiro atoms. The normalized spacial score (nSPS) is 49.6. The van der Waals surface area contributed by atoms with Gasteiger partial charge in [0, 0.05) is 19.6 Å². The highest BCUT2D eigenvalue weighted by Gasteiger charge is 2.43. The number of alkyl halides is 1. The molecule has 64 valence electrons. The van der Waals surface area contributed by atoms with Crippen LogP contribution in [0.25, 0.3) is 0 Å². The van der Waals surface area contributed by atoms with Gasteiger partial charge in [-0.1, -0.05) is 0 Å². The van der Waals surface area contributed by atoms with E-state index in [1.165, 1.54) is 12.8 Å². The Balaban J connectivity index is 2.13. The topological polar surface area (TPSA) is 29.3 Å². The first-order valence-electron chi connectivity index (χ1n) is 4.39. The molecule has 0 saturated carbocycles. The van der Waals surface area contributed by atoms with Crippen molar-refractivity contribution in [2.45, 2.75) is 24.3 Å². The summed E-state index contributed by atoms with van der Waals surface area (Å²) in [6.45, 7) is 2.92. The zero-order valence-corrected chi connectivity index (χ0v) is 7.48. The van der Waals surface area contributed by atoms with Crippen molar-refractivity contribution in [1.82, 2.24) is 4.90 Å². The van der Waals surface area contributed by atoms with Crippen LogP contribution >= 0.6 is 11.6 Å². The highest BCUT2D eigenvalue weighted by molar-refractivity contribution is 6.23. The highest BCUT2D eigenvalue weighted by atomic mass is 35.5. The highest BCUT2D eigenvalue weighted by Crippen LogP contribution is 2.40. The van der Waals surface area contributed by atoms with Crippen LogP contribution in [0, 0.1) is 5.92 Å². The van der Waals surface area contributed by atoms with E-state index in [-0.39, 0.29) is 5.00 Å². The van der Waals surface area contributed by atoms with Gasteiger partial charge in [0.05, 0.1) is 0 Å². The minimum atomic E-state index is -0.179. The summed E-state index contributed by atoms with van der Waals surface area (Å²) in [5, 5.41) is 0. The van der Waals surface area contributed by atoms with Crippen molar-refractivity contribution in [2.75, 3.05) is 19.6 Å². The molecule has 3 rings (SSSR count). The van der Waals surface area contributed by atoms with Gasteiger partial charge in [0.1, 0.15) is 5.00 Å². The summed E-state index contributed by atoms with van der Waals surface area (Å²) in [4.78, 5) is 2.16. The van der Waals surface area contributed by atoms with Gasteiger partial charge in [-0.15, -0.1) is 11.6 Å². The van der Waals surface area contributed by atoms with Gasteiger partial charge < -0.3 is 5.73 Å². The average Bonchev–Trinajstić information content (AvgIpc) is 2.06. The van der Waals surface area contributed by atoms with Crippen molar-refractivity contribution < 1.29 is 0 Å². The van der Waals surface area contributed by atoms with E-state index in [4.69, 9.17) is 17.3 Å². The monoisotopic (exact) mass is 174 g/mol. The lowest BCUT2D eigenvalue weighted by Gasteiger charge is -2.50. The first-order valence-corrected chi connectivity index (χ1v) is 4.76. The second-order valence-corrected chi connectivity index (χ2v) is 4.46. The third-order valence-corrected chi connectivity index (χ3v) is 3.64. The number of rotatable bonds is 1. The number of nitrogens with two attached hydrogens (primary N) is 1. The maximum absolute atomic E-state index is 6.36. The molecule has 2 nitrogen and oxygen atoms in total. The minimum absolute atomic E-state index is 0.179. The van der Waals surface area contributed by atoms with Crippen molar-refractivity contribution in [3.63, 3.8) is 0 Å². The quantitative estimate of drug-likeness (QED) is 0.475. The fourth-order valence-corrected chi connectivity index (χ4v) is 2.71. The Morgan fingerprint density at radius 2 is 2.09 bits per heavy atom. The van der Waals surface area contributed by atoms with Gasteiger partial charge in [-0.3, -0.25) is 4.90 Å². The molecule has 0 radical (unpaired) electrons. The molecule has 11 heavy (non-hydrogen) atoms. The van der Waals surface area contributed by atoms with E-state index in [2.05, 4.69) is 4.90 Å². The molecule has 3 heteroatoms. The van der Waals surface area contributed by atoms with E-state index in [0.717, 1.165) is 25.4 Å². The summed E-state index contributed by atoms with van der Waals surface area (Å²) in [7, 11) is 0. The third kappa shape index (κ3) is 1.17. The lowest BCUT2D eigenvalue weighted by molar-refractivity contribution is 0.0281. The molecule has 0 aromatic carbocycles. The van der Waals surface area contributed by atoms with Crippen molar-refractivity contribution in [3.05, 3.63) is 0 Å². The number of piperidine rings is 3. The van der Waals surface area contributed by atoms with Crippen molar-refractivity contribution >= 4 is 11.6 Å². The van der Waals surface area contributed by atoms with Gasteiger partial charge in [-0.05, 0) is 25.2 Å². The van der Waals surface area contributed by atoms with Crippen LogP contribution in [0.5, 0.6) is 0 Å². The molecule has 0 aliphatic carbocycles. The first kappa shape index (κ1) is 7.84. The van der Waals surface area contributed by atoms with Gasteiger partial charge in [0.15, 0.2) is 0 Å². The number of fused-ring (bicyclic) bond motifs is 3. The average molecular weight is 175 g/mol. The predicted octanol–water partition coefficient (Wildman–Crippen LogP) is 0.996. The predicted molar refractivity (Wildman–Crippen MR) is 46.6 cm³/mol. The van der Waals surface area contributed by atoms with Crippen LogP contribution < -0.4 is 5.73 Å². The molecule has 3 fully saturated rings. The molecule has 2 N–H and O–H groups in total. The van der Waals surface area contributed by atoms with Crippen molar-refractivity contribution in [1.29, 1.82) is 0 Å². The fraction of sp³-hybridized carbons (Fsp3) is 1.00. The second-order valence-electron chi connectivity index (χ2n) is 3.76. The zero-order valence-electron chi connectivity index (χ0n) is 6.72. The molecule has 1 unspecified atom stereocenters.